The molecule has 162 valence electrons. The Morgan fingerprint density at radius 2 is 1.77 bits per heavy atom. The van der Waals surface area contributed by atoms with Gasteiger partial charge in [0, 0.05) is 42.5 Å². The zero-order chi connectivity index (χ0) is 21.8. The van der Waals surface area contributed by atoms with E-state index in [9.17, 15) is 4.79 Å². The summed E-state index contributed by atoms with van der Waals surface area (Å²) in [6, 6.07) is 14.3. The van der Waals surface area contributed by atoms with E-state index in [0.29, 0.717) is 0 Å². The lowest BCUT2D eigenvalue weighted by Crippen LogP contribution is -2.36. The average molecular weight is 437 g/mol. The fourth-order valence-electron chi connectivity index (χ4n) is 3.48. The van der Waals surface area contributed by atoms with Crippen molar-refractivity contribution in [1.82, 2.24) is 9.55 Å². The van der Waals surface area contributed by atoms with Crippen LogP contribution in [0.5, 0.6) is 0 Å². The van der Waals surface area contributed by atoms with E-state index >= 15 is 0 Å². The highest BCUT2D eigenvalue weighted by Gasteiger charge is 2.18. The van der Waals surface area contributed by atoms with Gasteiger partial charge in [0.1, 0.15) is 0 Å². The maximum absolute atomic E-state index is 12.8. The second-order valence-electron chi connectivity index (χ2n) is 7.74. The molecular formula is C24H28N4O2S. The predicted octanol–water partition coefficient (Wildman–Crippen LogP) is 4.45. The molecule has 2 heterocycles. The fourth-order valence-corrected chi connectivity index (χ4v) is 4.37. The largest absolute Gasteiger partial charge is 0.378 e. The van der Waals surface area contributed by atoms with E-state index in [-0.39, 0.29) is 11.2 Å². The lowest BCUT2D eigenvalue weighted by Gasteiger charge is -2.28. The summed E-state index contributed by atoms with van der Waals surface area (Å²) in [5.41, 5.74) is 5.49. The first-order chi connectivity index (χ1) is 15.0. The fraction of sp³-hybridized carbons (Fsp3) is 0.333. The SMILES string of the molecule is Cc1ccc(-n2ccnc2SC(C)C(=O)Nc2ccc(N3CCOCC3)cc2)cc1C. The summed E-state index contributed by atoms with van der Waals surface area (Å²) in [5.74, 6) is -0.0428. The van der Waals surface area contributed by atoms with Crippen molar-refractivity contribution in [2.45, 2.75) is 31.2 Å². The highest BCUT2D eigenvalue weighted by molar-refractivity contribution is 8.00. The van der Waals surface area contributed by atoms with Crippen molar-refractivity contribution in [3.05, 3.63) is 66.0 Å². The van der Waals surface area contributed by atoms with E-state index in [1.807, 2.05) is 42.0 Å². The molecule has 1 fully saturated rings. The minimum Gasteiger partial charge on any atom is -0.378 e. The van der Waals surface area contributed by atoms with Gasteiger partial charge in [-0.15, -0.1) is 0 Å². The molecule has 1 N–H and O–H groups in total. The standard InChI is InChI=1S/C24H28N4O2S/c1-17-4-7-22(16-18(17)2)28-11-10-25-24(28)31-19(3)23(29)26-20-5-8-21(9-6-20)27-12-14-30-15-13-27/h4-11,16,19H,12-15H2,1-3H3,(H,26,29). The number of anilines is 2. The molecule has 0 spiro atoms. The Hall–Kier alpha value is -2.77. The Bertz CT molecular complexity index is 1040. The maximum atomic E-state index is 12.8. The smallest absolute Gasteiger partial charge is 0.237 e. The molecule has 1 atom stereocenters. The van der Waals surface area contributed by atoms with Crippen molar-refractivity contribution >= 4 is 29.0 Å². The van der Waals surface area contributed by atoms with Crippen molar-refractivity contribution in [2.75, 3.05) is 36.5 Å². The van der Waals surface area contributed by atoms with Crippen LogP contribution in [0, 0.1) is 13.8 Å². The van der Waals surface area contributed by atoms with Crippen LogP contribution in [-0.2, 0) is 9.53 Å². The van der Waals surface area contributed by atoms with Gasteiger partial charge in [-0.2, -0.15) is 0 Å². The minimum atomic E-state index is -0.286. The van der Waals surface area contributed by atoms with Crippen molar-refractivity contribution in [1.29, 1.82) is 0 Å². The van der Waals surface area contributed by atoms with Crippen molar-refractivity contribution < 1.29 is 9.53 Å². The topological polar surface area (TPSA) is 59.4 Å². The number of amides is 1. The van der Waals surface area contributed by atoms with Crippen molar-refractivity contribution in [3.63, 3.8) is 0 Å². The molecule has 1 aliphatic rings. The Balaban J connectivity index is 1.39. The quantitative estimate of drug-likeness (QED) is 0.579. The number of nitrogens with one attached hydrogen (secondary N) is 1. The number of aromatic nitrogens is 2. The van der Waals surface area contributed by atoms with Crippen LogP contribution in [0.2, 0.25) is 0 Å². The van der Waals surface area contributed by atoms with Gasteiger partial charge in [-0.3, -0.25) is 9.36 Å². The minimum absolute atomic E-state index is 0.0428. The number of morpholine rings is 1. The van der Waals surface area contributed by atoms with Crippen LogP contribution >= 0.6 is 11.8 Å². The molecule has 1 amide bonds. The summed E-state index contributed by atoms with van der Waals surface area (Å²) in [5, 5.41) is 3.53. The highest BCUT2D eigenvalue weighted by Crippen LogP contribution is 2.27. The first-order valence-electron chi connectivity index (χ1n) is 10.5. The number of carbonyl (C=O) groups excluding carboxylic acids is 1. The van der Waals surface area contributed by atoms with E-state index in [4.69, 9.17) is 4.74 Å². The van der Waals surface area contributed by atoms with Crippen LogP contribution in [0.1, 0.15) is 18.1 Å². The number of hydrogen-bond donors (Lipinski definition) is 1. The number of thioether (sulfide) groups is 1. The number of rotatable bonds is 6. The molecule has 1 unspecified atom stereocenters. The monoisotopic (exact) mass is 436 g/mol. The van der Waals surface area contributed by atoms with Gasteiger partial charge in [-0.25, -0.2) is 4.98 Å². The van der Waals surface area contributed by atoms with Crippen LogP contribution < -0.4 is 10.2 Å². The van der Waals surface area contributed by atoms with Gasteiger partial charge in [0.05, 0.1) is 18.5 Å². The third-order valence-corrected chi connectivity index (χ3v) is 6.62. The second kappa shape index (κ2) is 9.58. The van der Waals surface area contributed by atoms with E-state index in [0.717, 1.165) is 48.5 Å². The first kappa shape index (κ1) is 21.5. The molecule has 0 bridgehead atoms. The lowest BCUT2D eigenvalue weighted by molar-refractivity contribution is -0.115. The summed E-state index contributed by atoms with van der Waals surface area (Å²) in [4.78, 5) is 19.5. The molecule has 7 heteroatoms. The molecular weight excluding hydrogens is 408 g/mol. The van der Waals surface area contributed by atoms with E-state index in [1.165, 1.54) is 22.9 Å². The number of aryl methyl sites for hydroxylation is 2. The van der Waals surface area contributed by atoms with Crippen molar-refractivity contribution in [2.24, 2.45) is 0 Å². The number of imidazole rings is 1. The summed E-state index contributed by atoms with van der Waals surface area (Å²) in [6.07, 6.45) is 3.70. The molecule has 31 heavy (non-hydrogen) atoms. The summed E-state index contributed by atoms with van der Waals surface area (Å²) >= 11 is 1.45. The van der Waals surface area contributed by atoms with E-state index in [1.54, 1.807) is 6.20 Å². The van der Waals surface area contributed by atoms with Gasteiger partial charge >= 0.3 is 0 Å². The molecule has 3 aromatic rings. The van der Waals surface area contributed by atoms with Gasteiger partial charge in [-0.1, -0.05) is 17.8 Å². The number of nitrogens with zero attached hydrogens (tertiary/aromatic N) is 3. The Kier molecular flexibility index (Phi) is 6.63. The molecule has 0 aliphatic carbocycles. The molecule has 0 radical (unpaired) electrons. The molecule has 1 saturated heterocycles. The predicted molar refractivity (Wildman–Crippen MR) is 126 cm³/mol. The molecule has 1 aromatic heterocycles. The Morgan fingerprint density at radius 1 is 1.06 bits per heavy atom. The van der Waals surface area contributed by atoms with Crippen LogP contribution in [-0.4, -0.2) is 47.0 Å². The lowest BCUT2D eigenvalue weighted by atomic mass is 10.1. The zero-order valence-corrected chi connectivity index (χ0v) is 19.0. The molecule has 6 nitrogen and oxygen atoms in total. The highest BCUT2D eigenvalue weighted by atomic mass is 32.2. The van der Waals surface area contributed by atoms with Gasteiger partial charge < -0.3 is 15.0 Å². The first-order valence-corrected chi connectivity index (χ1v) is 11.4. The number of benzene rings is 2. The van der Waals surface area contributed by atoms with E-state index in [2.05, 4.69) is 47.2 Å². The van der Waals surface area contributed by atoms with Crippen LogP contribution in [0.3, 0.4) is 0 Å². The Morgan fingerprint density at radius 3 is 2.48 bits per heavy atom. The van der Waals surface area contributed by atoms with Crippen molar-refractivity contribution in [3.8, 4) is 5.69 Å². The average Bonchev–Trinajstić information content (AvgIpc) is 3.25. The van der Waals surface area contributed by atoms with Crippen LogP contribution in [0.25, 0.3) is 5.69 Å². The molecule has 1 aliphatic heterocycles. The maximum Gasteiger partial charge on any atom is 0.237 e. The van der Waals surface area contributed by atoms with Gasteiger partial charge in [0.25, 0.3) is 0 Å². The third-order valence-electron chi connectivity index (χ3n) is 5.54. The zero-order valence-electron chi connectivity index (χ0n) is 18.2. The number of hydrogen-bond acceptors (Lipinski definition) is 5. The molecule has 2 aromatic carbocycles. The summed E-state index contributed by atoms with van der Waals surface area (Å²) in [6.45, 7) is 9.41. The van der Waals surface area contributed by atoms with E-state index < -0.39 is 0 Å². The number of ether oxygens (including phenoxy) is 1. The third kappa shape index (κ3) is 5.11. The Labute approximate surface area is 187 Å². The normalized spacial score (nSPS) is 15.0. The molecule has 4 rings (SSSR count). The van der Waals surface area contributed by atoms with Gasteiger partial charge in [-0.05, 0) is 68.3 Å². The summed E-state index contributed by atoms with van der Waals surface area (Å²) in [7, 11) is 0. The van der Waals surface area contributed by atoms with Gasteiger partial charge in [0.15, 0.2) is 5.16 Å². The second-order valence-corrected chi connectivity index (χ2v) is 9.05. The van der Waals surface area contributed by atoms with Crippen LogP contribution in [0.4, 0.5) is 11.4 Å². The molecule has 0 saturated carbocycles. The summed E-state index contributed by atoms with van der Waals surface area (Å²) < 4.78 is 7.43. The van der Waals surface area contributed by atoms with Crippen LogP contribution in [0.15, 0.2) is 60.0 Å². The number of carbonyl (C=O) groups is 1. The van der Waals surface area contributed by atoms with Gasteiger partial charge in [0.2, 0.25) is 5.91 Å².